The highest BCUT2D eigenvalue weighted by molar-refractivity contribution is 5.97. The van der Waals surface area contributed by atoms with Crippen LogP contribution in [0.1, 0.15) is 15.9 Å². The third-order valence-electron chi connectivity index (χ3n) is 2.75. The molecule has 7 nitrogen and oxygen atoms in total. The minimum atomic E-state index is -0.436. The van der Waals surface area contributed by atoms with Crippen LogP contribution < -0.4 is 10.8 Å². The third-order valence-corrected chi connectivity index (χ3v) is 2.75. The van der Waals surface area contributed by atoms with Gasteiger partial charge >= 0.3 is 0 Å². The zero-order valence-corrected chi connectivity index (χ0v) is 13.2. The van der Waals surface area contributed by atoms with E-state index in [-0.39, 0.29) is 19.1 Å². The number of carbonyl (C=O) groups excluding carboxylic acids is 2. The van der Waals surface area contributed by atoms with Gasteiger partial charge in [0.05, 0.1) is 40.1 Å². The van der Waals surface area contributed by atoms with Gasteiger partial charge in [0.1, 0.15) is 0 Å². The zero-order chi connectivity index (χ0) is 16.9. The number of hydrogen-bond acceptors (Lipinski definition) is 5. The fraction of sp³-hybridized carbons (Fsp3) is 0.375. The van der Waals surface area contributed by atoms with Gasteiger partial charge < -0.3 is 14.8 Å². The molecule has 0 atom stereocenters. The van der Waals surface area contributed by atoms with Crippen LogP contribution in [0.5, 0.6) is 0 Å². The maximum atomic E-state index is 12.1. The number of rotatable bonds is 11. The first-order valence-corrected chi connectivity index (χ1v) is 7.13. The predicted octanol–water partition coefficient (Wildman–Crippen LogP) is 0.813. The maximum absolute atomic E-state index is 12.1. The van der Waals surface area contributed by atoms with Crippen LogP contribution in [-0.4, -0.2) is 45.3 Å². The molecule has 0 saturated heterocycles. The summed E-state index contributed by atoms with van der Waals surface area (Å²) in [6.45, 7) is 5.02. The van der Waals surface area contributed by atoms with Crippen molar-refractivity contribution in [2.75, 3.05) is 33.5 Å². The normalized spacial score (nSPS) is 10.1. The highest BCUT2D eigenvalue weighted by atomic mass is 16.6. The van der Waals surface area contributed by atoms with Crippen LogP contribution in [0.4, 0.5) is 0 Å². The molecule has 2 amide bonds. The van der Waals surface area contributed by atoms with E-state index < -0.39 is 5.91 Å². The molecule has 126 valence electrons. The maximum Gasteiger partial charge on any atom is 0.262 e. The highest BCUT2D eigenvalue weighted by Gasteiger charge is 2.12. The van der Waals surface area contributed by atoms with E-state index in [1.807, 2.05) is 6.07 Å². The van der Waals surface area contributed by atoms with Crippen LogP contribution in [0, 0.1) is 0 Å². The Balaban J connectivity index is 2.47. The monoisotopic (exact) mass is 322 g/mol. The molecule has 1 aromatic carbocycles. The van der Waals surface area contributed by atoms with Gasteiger partial charge in [-0.1, -0.05) is 24.3 Å². The number of hydrogen-bond donors (Lipinski definition) is 2. The molecule has 0 radical (unpaired) electrons. The molecule has 0 bridgehead atoms. The molecule has 2 N–H and O–H groups in total. The molecule has 0 aromatic heterocycles. The Morgan fingerprint density at radius 1 is 1.22 bits per heavy atom. The summed E-state index contributed by atoms with van der Waals surface area (Å²) in [6, 6.07) is 7.05. The van der Waals surface area contributed by atoms with Crippen molar-refractivity contribution >= 4 is 11.8 Å². The largest absolute Gasteiger partial charge is 0.375 e. The van der Waals surface area contributed by atoms with Crippen LogP contribution in [0.15, 0.2) is 36.9 Å². The van der Waals surface area contributed by atoms with Gasteiger partial charge in [-0.3, -0.25) is 14.4 Å². The summed E-state index contributed by atoms with van der Waals surface area (Å²) >= 11 is 0. The van der Waals surface area contributed by atoms with Crippen molar-refractivity contribution in [1.29, 1.82) is 0 Å². The summed E-state index contributed by atoms with van der Waals surface area (Å²) in [5.74, 6) is -0.785. The van der Waals surface area contributed by atoms with Crippen LogP contribution in [0.3, 0.4) is 0 Å². The molecule has 0 spiro atoms. The predicted molar refractivity (Wildman–Crippen MR) is 84.6 cm³/mol. The number of nitrogens with one attached hydrogen (secondary N) is 2. The van der Waals surface area contributed by atoms with Crippen molar-refractivity contribution in [2.24, 2.45) is 0 Å². The van der Waals surface area contributed by atoms with Gasteiger partial charge in [-0.2, -0.15) is 0 Å². The number of hydroxylamine groups is 1. The van der Waals surface area contributed by atoms with E-state index in [0.29, 0.717) is 25.4 Å². The fourth-order valence-corrected chi connectivity index (χ4v) is 1.74. The minimum Gasteiger partial charge on any atom is -0.375 e. The van der Waals surface area contributed by atoms with Crippen molar-refractivity contribution < 1.29 is 23.9 Å². The summed E-state index contributed by atoms with van der Waals surface area (Å²) < 4.78 is 10.7. The topological polar surface area (TPSA) is 85.9 Å². The van der Waals surface area contributed by atoms with Crippen molar-refractivity contribution in [3.8, 4) is 0 Å². The van der Waals surface area contributed by atoms with E-state index in [0.717, 1.165) is 5.56 Å². The van der Waals surface area contributed by atoms with Gasteiger partial charge in [0.15, 0.2) is 0 Å². The van der Waals surface area contributed by atoms with Gasteiger partial charge in [0.25, 0.3) is 11.8 Å². The second-order valence-electron chi connectivity index (χ2n) is 4.49. The molecule has 1 aromatic rings. The first-order valence-electron chi connectivity index (χ1n) is 7.13. The van der Waals surface area contributed by atoms with E-state index in [1.54, 1.807) is 24.3 Å². The van der Waals surface area contributed by atoms with Crippen molar-refractivity contribution in [3.63, 3.8) is 0 Å². The van der Waals surface area contributed by atoms with Crippen LogP contribution in [0.2, 0.25) is 0 Å². The summed E-state index contributed by atoms with van der Waals surface area (Å²) in [6.07, 6.45) is 1.67. The summed E-state index contributed by atoms with van der Waals surface area (Å²) in [4.78, 5) is 27.9. The molecule has 1 rings (SSSR count). The van der Waals surface area contributed by atoms with Crippen molar-refractivity contribution in [3.05, 3.63) is 48.0 Å². The summed E-state index contributed by atoms with van der Waals surface area (Å²) in [7, 11) is 1.32. The van der Waals surface area contributed by atoms with Crippen molar-refractivity contribution in [1.82, 2.24) is 10.8 Å². The van der Waals surface area contributed by atoms with Crippen LogP contribution in [-0.2, 0) is 25.7 Å². The lowest BCUT2D eigenvalue weighted by molar-refractivity contribution is -0.130. The van der Waals surface area contributed by atoms with E-state index in [4.69, 9.17) is 9.47 Å². The smallest absolute Gasteiger partial charge is 0.262 e. The second kappa shape index (κ2) is 11.4. The van der Waals surface area contributed by atoms with Crippen LogP contribution in [0.25, 0.3) is 0 Å². The van der Waals surface area contributed by atoms with Gasteiger partial charge in [0.2, 0.25) is 0 Å². The molecule has 23 heavy (non-hydrogen) atoms. The molecule has 0 aliphatic rings. The first-order chi connectivity index (χ1) is 11.2. The van der Waals surface area contributed by atoms with Gasteiger partial charge in [-0.05, 0) is 11.6 Å². The van der Waals surface area contributed by atoms with Crippen LogP contribution >= 0.6 is 0 Å². The molecule has 7 heteroatoms. The van der Waals surface area contributed by atoms with Gasteiger partial charge in [0, 0.05) is 5.56 Å². The lowest BCUT2D eigenvalue weighted by Gasteiger charge is -2.10. The zero-order valence-electron chi connectivity index (χ0n) is 13.2. The Bertz CT molecular complexity index is 519. The van der Waals surface area contributed by atoms with E-state index in [1.165, 1.54) is 7.11 Å². The number of carbonyl (C=O) groups is 2. The van der Waals surface area contributed by atoms with E-state index in [9.17, 15) is 9.59 Å². The fourth-order valence-electron chi connectivity index (χ4n) is 1.74. The molecule has 0 aliphatic heterocycles. The average molecular weight is 322 g/mol. The lowest BCUT2D eigenvalue weighted by Crippen LogP contribution is -2.36. The van der Waals surface area contributed by atoms with E-state index >= 15 is 0 Å². The Hall–Kier alpha value is -2.22. The molecule has 0 heterocycles. The highest BCUT2D eigenvalue weighted by Crippen LogP contribution is 2.10. The standard InChI is InChI=1S/C16H22N2O5/c1-3-8-22-9-10-23-12-13-6-4-5-7-14(13)16(20)17-11-15(19)18-21-2/h3-7H,1,8-12H2,2H3,(H,17,20)(H,18,19). The molecule has 0 unspecified atom stereocenters. The third kappa shape index (κ3) is 7.55. The number of benzene rings is 1. The number of amides is 2. The summed E-state index contributed by atoms with van der Waals surface area (Å²) in [5, 5.41) is 2.52. The molecule has 0 fully saturated rings. The molecule has 0 saturated carbocycles. The van der Waals surface area contributed by atoms with Crippen molar-refractivity contribution in [2.45, 2.75) is 6.61 Å². The lowest BCUT2D eigenvalue weighted by atomic mass is 10.1. The quantitative estimate of drug-likeness (QED) is 0.358. The van der Waals surface area contributed by atoms with E-state index in [2.05, 4.69) is 22.2 Å². The molecule has 0 aliphatic carbocycles. The van der Waals surface area contributed by atoms with Gasteiger partial charge in [-0.25, -0.2) is 5.48 Å². The molecular weight excluding hydrogens is 300 g/mol. The Labute approximate surface area is 135 Å². The number of ether oxygens (including phenoxy) is 2. The minimum absolute atomic E-state index is 0.169. The Kier molecular flexibility index (Phi) is 9.30. The first kappa shape index (κ1) is 18.8. The summed E-state index contributed by atoms with van der Waals surface area (Å²) in [5.41, 5.74) is 3.33. The Morgan fingerprint density at radius 2 is 1.96 bits per heavy atom. The Morgan fingerprint density at radius 3 is 2.70 bits per heavy atom. The average Bonchev–Trinajstić information content (AvgIpc) is 2.56. The molecular formula is C16H22N2O5. The SMILES string of the molecule is C=CCOCCOCc1ccccc1C(=O)NCC(=O)NOC. The van der Waals surface area contributed by atoms with Gasteiger partial charge in [-0.15, -0.1) is 6.58 Å². The second-order valence-corrected chi connectivity index (χ2v) is 4.49.